The molecule has 2 rings (SSSR count). The van der Waals surface area contributed by atoms with Crippen molar-refractivity contribution < 1.29 is 9.53 Å². The molecule has 1 aliphatic heterocycles. The summed E-state index contributed by atoms with van der Waals surface area (Å²) in [5.74, 6) is 0. The molecule has 0 bridgehead atoms. The summed E-state index contributed by atoms with van der Waals surface area (Å²) in [6.45, 7) is 8.42. The van der Waals surface area contributed by atoms with E-state index in [9.17, 15) is 4.79 Å². The molecule has 1 amide bonds. The molecule has 1 saturated heterocycles. The summed E-state index contributed by atoms with van der Waals surface area (Å²) in [7, 11) is 0. The van der Waals surface area contributed by atoms with Gasteiger partial charge in [-0.2, -0.15) is 0 Å². The van der Waals surface area contributed by atoms with Crippen LogP contribution in [0.1, 0.15) is 39.2 Å². The van der Waals surface area contributed by atoms with Crippen molar-refractivity contribution in [3.05, 3.63) is 30.1 Å². The van der Waals surface area contributed by atoms with Crippen LogP contribution in [0.25, 0.3) is 0 Å². The van der Waals surface area contributed by atoms with E-state index in [4.69, 9.17) is 4.74 Å². The Bertz CT molecular complexity index is 456. The number of piperidine rings is 1. The number of ether oxygens (including phenoxy) is 1. The van der Waals surface area contributed by atoms with Gasteiger partial charge in [0.15, 0.2) is 0 Å². The lowest BCUT2D eigenvalue weighted by Crippen LogP contribution is -2.48. The van der Waals surface area contributed by atoms with Crippen LogP contribution in [-0.4, -0.2) is 40.7 Å². The molecule has 1 N–H and O–H groups in total. The molecule has 1 atom stereocenters. The second-order valence-corrected chi connectivity index (χ2v) is 6.58. The van der Waals surface area contributed by atoms with Crippen LogP contribution in [0.5, 0.6) is 0 Å². The van der Waals surface area contributed by atoms with Crippen molar-refractivity contribution >= 4 is 6.09 Å². The summed E-state index contributed by atoms with van der Waals surface area (Å²) in [5, 5.41) is 2.97. The predicted molar refractivity (Wildman–Crippen MR) is 81.9 cm³/mol. The zero-order chi connectivity index (χ0) is 15.3. The monoisotopic (exact) mass is 291 g/mol. The molecule has 0 aromatic carbocycles. The second-order valence-electron chi connectivity index (χ2n) is 6.58. The minimum Gasteiger partial charge on any atom is -0.444 e. The second kappa shape index (κ2) is 6.89. The average Bonchev–Trinajstić information content (AvgIpc) is 2.38. The number of rotatable bonds is 3. The molecular formula is C16H25N3O2. The van der Waals surface area contributed by atoms with E-state index in [1.165, 1.54) is 5.56 Å². The Labute approximate surface area is 126 Å². The SMILES string of the molecule is CC(C)(C)OC(=O)N[C@H]1CCCN(Cc2cccnc2)C1. The van der Waals surface area contributed by atoms with Crippen molar-refractivity contribution in [1.82, 2.24) is 15.2 Å². The maximum Gasteiger partial charge on any atom is 0.407 e. The largest absolute Gasteiger partial charge is 0.444 e. The first-order valence-electron chi connectivity index (χ1n) is 7.53. The Balaban J connectivity index is 1.82. The number of aromatic nitrogens is 1. The summed E-state index contributed by atoms with van der Waals surface area (Å²) in [6, 6.07) is 4.19. The molecule has 21 heavy (non-hydrogen) atoms. The summed E-state index contributed by atoms with van der Waals surface area (Å²) in [6.07, 6.45) is 5.44. The Morgan fingerprint density at radius 3 is 3.00 bits per heavy atom. The van der Waals surface area contributed by atoms with Gasteiger partial charge in [-0.05, 0) is 51.8 Å². The van der Waals surface area contributed by atoms with Crippen molar-refractivity contribution in [2.45, 2.75) is 51.8 Å². The molecule has 0 saturated carbocycles. The number of likely N-dealkylation sites (tertiary alicyclic amines) is 1. The zero-order valence-electron chi connectivity index (χ0n) is 13.1. The van der Waals surface area contributed by atoms with E-state index in [1.54, 1.807) is 6.20 Å². The van der Waals surface area contributed by atoms with Gasteiger partial charge in [-0.1, -0.05) is 6.07 Å². The van der Waals surface area contributed by atoms with Gasteiger partial charge in [0.1, 0.15) is 5.60 Å². The molecule has 116 valence electrons. The summed E-state index contributed by atoms with van der Waals surface area (Å²) >= 11 is 0. The fourth-order valence-electron chi connectivity index (χ4n) is 2.54. The molecule has 0 unspecified atom stereocenters. The third-order valence-electron chi connectivity index (χ3n) is 3.36. The number of hydrogen-bond donors (Lipinski definition) is 1. The van der Waals surface area contributed by atoms with Gasteiger partial charge in [0.2, 0.25) is 0 Å². The van der Waals surface area contributed by atoms with Gasteiger partial charge < -0.3 is 10.1 Å². The van der Waals surface area contributed by atoms with Crippen LogP contribution in [0.4, 0.5) is 4.79 Å². The highest BCUT2D eigenvalue weighted by atomic mass is 16.6. The van der Waals surface area contributed by atoms with Crippen molar-refractivity contribution in [2.75, 3.05) is 13.1 Å². The molecule has 0 radical (unpaired) electrons. The molecule has 1 aliphatic rings. The number of amides is 1. The lowest BCUT2D eigenvalue weighted by molar-refractivity contribution is 0.0470. The van der Waals surface area contributed by atoms with Crippen LogP contribution in [0.2, 0.25) is 0 Å². The summed E-state index contributed by atoms with van der Waals surface area (Å²) in [4.78, 5) is 18.3. The van der Waals surface area contributed by atoms with Crippen LogP contribution in [0.3, 0.4) is 0 Å². The first kappa shape index (κ1) is 15.8. The minimum atomic E-state index is -0.450. The quantitative estimate of drug-likeness (QED) is 0.930. The van der Waals surface area contributed by atoms with Crippen LogP contribution < -0.4 is 5.32 Å². The maximum atomic E-state index is 11.8. The lowest BCUT2D eigenvalue weighted by atomic mass is 10.1. The highest BCUT2D eigenvalue weighted by Crippen LogP contribution is 2.14. The third kappa shape index (κ3) is 5.71. The van der Waals surface area contributed by atoms with E-state index in [0.29, 0.717) is 0 Å². The molecule has 5 nitrogen and oxygen atoms in total. The van der Waals surface area contributed by atoms with Gasteiger partial charge in [-0.3, -0.25) is 9.88 Å². The van der Waals surface area contributed by atoms with E-state index >= 15 is 0 Å². The number of nitrogens with one attached hydrogen (secondary N) is 1. The molecule has 2 heterocycles. The molecule has 5 heteroatoms. The van der Waals surface area contributed by atoms with E-state index in [0.717, 1.165) is 32.5 Å². The van der Waals surface area contributed by atoms with Gasteiger partial charge in [-0.15, -0.1) is 0 Å². The number of pyridine rings is 1. The summed E-state index contributed by atoms with van der Waals surface area (Å²) < 4.78 is 5.32. The van der Waals surface area contributed by atoms with Crippen molar-refractivity contribution in [2.24, 2.45) is 0 Å². The van der Waals surface area contributed by atoms with Crippen molar-refractivity contribution in [3.63, 3.8) is 0 Å². The first-order chi connectivity index (χ1) is 9.92. The van der Waals surface area contributed by atoms with E-state index in [1.807, 2.05) is 33.0 Å². The van der Waals surface area contributed by atoms with Crippen molar-refractivity contribution in [3.8, 4) is 0 Å². The van der Waals surface area contributed by atoms with E-state index in [-0.39, 0.29) is 12.1 Å². The normalized spacial score (nSPS) is 20.0. The molecule has 1 fully saturated rings. The number of carbonyl (C=O) groups is 1. The first-order valence-corrected chi connectivity index (χ1v) is 7.53. The van der Waals surface area contributed by atoms with Crippen LogP contribution in [0, 0.1) is 0 Å². The Kier molecular flexibility index (Phi) is 5.17. The van der Waals surface area contributed by atoms with Gasteiger partial charge in [-0.25, -0.2) is 4.79 Å². The highest BCUT2D eigenvalue weighted by Gasteiger charge is 2.24. The standard InChI is InChI=1S/C16H25N3O2/c1-16(2,3)21-15(20)18-14-7-5-9-19(12-14)11-13-6-4-8-17-10-13/h4,6,8,10,14H,5,7,9,11-12H2,1-3H3,(H,18,20)/t14-/m0/s1. The van der Waals surface area contributed by atoms with Gasteiger partial charge in [0.25, 0.3) is 0 Å². The Morgan fingerprint density at radius 2 is 2.33 bits per heavy atom. The minimum absolute atomic E-state index is 0.158. The smallest absolute Gasteiger partial charge is 0.407 e. The maximum absolute atomic E-state index is 11.8. The fourth-order valence-corrected chi connectivity index (χ4v) is 2.54. The number of hydrogen-bond acceptors (Lipinski definition) is 4. The van der Waals surface area contributed by atoms with Crippen LogP contribution >= 0.6 is 0 Å². The lowest BCUT2D eigenvalue weighted by Gasteiger charge is -2.33. The number of nitrogens with zero attached hydrogens (tertiary/aromatic N) is 2. The van der Waals surface area contributed by atoms with E-state index < -0.39 is 5.60 Å². The average molecular weight is 291 g/mol. The molecular weight excluding hydrogens is 266 g/mol. The topological polar surface area (TPSA) is 54.5 Å². The third-order valence-corrected chi connectivity index (χ3v) is 3.36. The van der Waals surface area contributed by atoms with Crippen LogP contribution in [0.15, 0.2) is 24.5 Å². The molecule has 0 aliphatic carbocycles. The van der Waals surface area contributed by atoms with E-state index in [2.05, 4.69) is 21.3 Å². The van der Waals surface area contributed by atoms with Gasteiger partial charge in [0.05, 0.1) is 0 Å². The van der Waals surface area contributed by atoms with Crippen molar-refractivity contribution in [1.29, 1.82) is 0 Å². The summed E-state index contributed by atoms with van der Waals surface area (Å²) in [5.41, 5.74) is 0.754. The highest BCUT2D eigenvalue weighted by molar-refractivity contribution is 5.68. The molecule has 0 spiro atoms. The van der Waals surface area contributed by atoms with Gasteiger partial charge >= 0.3 is 6.09 Å². The fraction of sp³-hybridized carbons (Fsp3) is 0.625. The predicted octanol–water partition coefficient (Wildman–Crippen LogP) is 2.57. The molecule has 1 aromatic rings. The number of carbonyl (C=O) groups excluding carboxylic acids is 1. The Hall–Kier alpha value is -1.62. The zero-order valence-corrected chi connectivity index (χ0v) is 13.1. The molecule has 1 aromatic heterocycles. The number of alkyl carbamates (subject to hydrolysis) is 1. The van der Waals surface area contributed by atoms with Crippen LogP contribution in [-0.2, 0) is 11.3 Å². The Morgan fingerprint density at radius 1 is 1.52 bits per heavy atom. The van der Waals surface area contributed by atoms with Gasteiger partial charge in [0, 0.05) is 31.5 Å².